The SMILES string of the molecule is Cc1ccccc1-c1c2cc(F)c(=O)cc-2oc2cc(NCCNC(=O)[C@@H](N)CS)c(F)cc12. The number of thiol groups is 1. The monoisotopic (exact) mass is 483 g/mol. The van der Waals surface area contributed by atoms with Crippen molar-refractivity contribution in [3.8, 4) is 22.5 Å². The average Bonchev–Trinajstić information content (AvgIpc) is 2.82. The van der Waals surface area contributed by atoms with Crippen LogP contribution in [0.4, 0.5) is 14.5 Å². The Hall–Kier alpha value is -3.43. The molecule has 34 heavy (non-hydrogen) atoms. The van der Waals surface area contributed by atoms with Crippen molar-refractivity contribution in [1.82, 2.24) is 5.32 Å². The molecule has 0 unspecified atom stereocenters. The van der Waals surface area contributed by atoms with Gasteiger partial charge in [0.25, 0.3) is 0 Å². The molecule has 1 amide bonds. The van der Waals surface area contributed by atoms with Gasteiger partial charge in [-0.2, -0.15) is 12.6 Å². The summed E-state index contributed by atoms with van der Waals surface area (Å²) in [6, 6.07) is 11.8. The van der Waals surface area contributed by atoms with Crippen LogP contribution in [0.2, 0.25) is 0 Å². The molecule has 176 valence electrons. The highest BCUT2D eigenvalue weighted by atomic mass is 32.1. The average molecular weight is 484 g/mol. The van der Waals surface area contributed by atoms with E-state index in [0.29, 0.717) is 22.1 Å². The Bertz CT molecular complexity index is 1410. The van der Waals surface area contributed by atoms with Gasteiger partial charge in [0.05, 0.1) is 11.7 Å². The van der Waals surface area contributed by atoms with Crippen LogP contribution in [0.25, 0.3) is 33.4 Å². The van der Waals surface area contributed by atoms with Gasteiger partial charge in [-0.25, -0.2) is 8.78 Å². The van der Waals surface area contributed by atoms with Crippen LogP contribution in [0.1, 0.15) is 5.56 Å². The molecule has 0 saturated carbocycles. The fraction of sp³-hybridized carbons (Fsp3) is 0.200. The highest BCUT2D eigenvalue weighted by molar-refractivity contribution is 7.80. The van der Waals surface area contributed by atoms with Gasteiger partial charge in [0, 0.05) is 47.5 Å². The summed E-state index contributed by atoms with van der Waals surface area (Å²) in [5.41, 5.74) is 7.92. The van der Waals surface area contributed by atoms with Crippen LogP contribution in [-0.2, 0) is 4.79 Å². The van der Waals surface area contributed by atoms with E-state index < -0.39 is 23.1 Å². The molecule has 6 nitrogen and oxygen atoms in total. The molecular formula is C25H23F2N3O3S. The smallest absolute Gasteiger partial charge is 0.237 e. The Morgan fingerprint density at radius 3 is 2.59 bits per heavy atom. The van der Waals surface area contributed by atoms with Gasteiger partial charge >= 0.3 is 0 Å². The molecular weight excluding hydrogens is 460 g/mol. The lowest BCUT2D eigenvalue weighted by atomic mass is 9.91. The lowest BCUT2D eigenvalue weighted by Gasteiger charge is -2.18. The van der Waals surface area contributed by atoms with Crippen molar-refractivity contribution in [3.63, 3.8) is 0 Å². The van der Waals surface area contributed by atoms with Crippen molar-refractivity contribution < 1.29 is 18.0 Å². The van der Waals surface area contributed by atoms with E-state index in [2.05, 4.69) is 23.3 Å². The first-order valence-electron chi connectivity index (χ1n) is 10.6. The number of hydrogen-bond acceptors (Lipinski definition) is 6. The fourth-order valence-electron chi connectivity index (χ4n) is 3.79. The Balaban J connectivity index is 1.77. The van der Waals surface area contributed by atoms with Crippen molar-refractivity contribution in [1.29, 1.82) is 0 Å². The third-order valence-electron chi connectivity index (χ3n) is 5.55. The Kier molecular flexibility index (Phi) is 6.85. The van der Waals surface area contributed by atoms with Gasteiger partial charge in [0.1, 0.15) is 17.2 Å². The molecule has 2 aromatic rings. The maximum Gasteiger partial charge on any atom is 0.237 e. The molecule has 2 aromatic carbocycles. The van der Waals surface area contributed by atoms with E-state index in [0.717, 1.165) is 23.3 Å². The number of halogens is 2. The zero-order chi connectivity index (χ0) is 24.4. The lowest BCUT2D eigenvalue weighted by molar-refractivity contribution is -0.121. The standard InChI is InChI=1S/C25H23F2N3O3S/c1-13-4-2-3-5-14(13)24-15-8-17(26)20(29-6-7-30-25(32)19(28)12-34)10-22(15)33-23-11-21(31)18(27)9-16(23)24/h2-5,8-11,19,29,34H,6-7,12,28H2,1H3,(H,30,32)/t19-/m0/s1. The molecule has 4 rings (SSSR count). The van der Waals surface area contributed by atoms with Crippen LogP contribution in [0.5, 0.6) is 0 Å². The van der Waals surface area contributed by atoms with Gasteiger partial charge in [-0.15, -0.1) is 0 Å². The maximum absolute atomic E-state index is 15.1. The second-order valence-electron chi connectivity index (χ2n) is 7.91. The van der Waals surface area contributed by atoms with Gasteiger partial charge in [-0.3, -0.25) is 9.59 Å². The van der Waals surface area contributed by atoms with E-state index in [1.165, 1.54) is 12.1 Å². The Morgan fingerprint density at radius 2 is 1.85 bits per heavy atom. The first-order valence-corrected chi connectivity index (χ1v) is 11.3. The van der Waals surface area contributed by atoms with Crippen LogP contribution < -0.4 is 21.8 Å². The summed E-state index contributed by atoms with van der Waals surface area (Å²) in [5.74, 6) is -1.39. The third-order valence-corrected chi connectivity index (χ3v) is 5.94. The number of carbonyl (C=O) groups excluding carboxylic acids is 1. The fourth-order valence-corrected chi connectivity index (χ4v) is 3.95. The molecule has 0 fully saturated rings. The molecule has 9 heteroatoms. The van der Waals surface area contributed by atoms with E-state index in [-0.39, 0.29) is 36.2 Å². The molecule has 0 aromatic heterocycles. The topological polar surface area (TPSA) is 97.4 Å². The summed E-state index contributed by atoms with van der Waals surface area (Å²) < 4.78 is 35.2. The number of hydrogen-bond donors (Lipinski definition) is 4. The summed E-state index contributed by atoms with van der Waals surface area (Å²) in [7, 11) is 0. The number of carbonyl (C=O) groups is 1. The molecule has 0 bridgehead atoms. The summed E-state index contributed by atoms with van der Waals surface area (Å²) in [4.78, 5) is 23.7. The molecule has 1 atom stereocenters. The van der Waals surface area contributed by atoms with E-state index in [1.54, 1.807) is 0 Å². The van der Waals surface area contributed by atoms with Crippen molar-refractivity contribution >= 4 is 35.2 Å². The predicted molar refractivity (Wildman–Crippen MR) is 133 cm³/mol. The predicted octanol–water partition coefficient (Wildman–Crippen LogP) is 3.94. The lowest BCUT2D eigenvalue weighted by Crippen LogP contribution is -2.43. The minimum Gasteiger partial charge on any atom is -0.456 e. The van der Waals surface area contributed by atoms with E-state index in [1.807, 2.05) is 31.2 Å². The molecule has 2 aliphatic rings. The summed E-state index contributed by atoms with van der Waals surface area (Å²) in [5, 5.41) is 6.01. The normalized spacial score (nSPS) is 12.1. The Morgan fingerprint density at radius 1 is 1.09 bits per heavy atom. The van der Waals surface area contributed by atoms with Crippen LogP contribution in [0, 0.1) is 18.6 Å². The van der Waals surface area contributed by atoms with Crippen molar-refractivity contribution in [2.75, 3.05) is 24.2 Å². The molecule has 0 radical (unpaired) electrons. The quantitative estimate of drug-likeness (QED) is 0.181. The second-order valence-corrected chi connectivity index (χ2v) is 8.27. The van der Waals surface area contributed by atoms with Gasteiger partial charge in [0.2, 0.25) is 11.3 Å². The first kappa shape index (κ1) is 23.7. The van der Waals surface area contributed by atoms with Crippen LogP contribution in [0.3, 0.4) is 0 Å². The van der Waals surface area contributed by atoms with Crippen LogP contribution >= 0.6 is 12.6 Å². The minimum atomic E-state index is -0.907. The Labute approximate surface area is 199 Å². The number of rotatable bonds is 7. The van der Waals surface area contributed by atoms with Gasteiger partial charge in [-0.1, -0.05) is 24.3 Å². The van der Waals surface area contributed by atoms with E-state index in [9.17, 15) is 14.0 Å². The van der Waals surface area contributed by atoms with E-state index >= 15 is 4.39 Å². The second kappa shape index (κ2) is 9.82. The molecule has 4 N–H and O–H groups in total. The number of nitrogens with two attached hydrogens (primary N) is 1. The number of anilines is 1. The molecule has 1 aliphatic carbocycles. The largest absolute Gasteiger partial charge is 0.456 e. The summed E-state index contributed by atoms with van der Waals surface area (Å²) in [6.07, 6.45) is 0. The molecule has 0 spiro atoms. The van der Waals surface area contributed by atoms with Gasteiger partial charge in [0.15, 0.2) is 5.82 Å². The van der Waals surface area contributed by atoms with Gasteiger partial charge < -0.3 is 20.8 Å². The van der Waals surface area contributed by atoms with E-state index in [4.69, 9.17) is 10.2 Å². The minimum absolute atomic E-state index is 0.156. The molecule has 1 aliphatic heterocycles. The zero-order valence-corrected chi connectivity index (χ0v) is 19.2. The van der Waals surface area contributed by atoms with Gasteiger partial charge in [-0.05, 0) is 30.2 Å². The van der Waals surface area contributed by atoms with Crippen LogP contribution in [-0.4, -0.2) is 30.8 Å². The highest BCUT2D eigenvalue weighted by Crippen LogP contribution is 2.42. The third kappa shape index (κ3) is 4.62. The van der Waals surface area contributed by atoms with Crippen molar-refractivity contribution in [2.45, 2.75) is 13.0 Å². The maximum atomic E-state index is 15.1. The first-order chi connectivity index (χ1) is 16.3. The number of nitrogens with one attached hydrogen (secondary N) is 2. The number of fused-ring (bicyclic) bond motifs is 2. The van der Waals surface area contributed by atoms with Crippen molar-refractivity contribution in [3.05, 3.63) is 76.0 Å². The highest BCUT2D eigenvalue weighted by Gasteiger charge is 2.22. The zero-order valence-electron chi connectivity index (χ0n) is 18.3. The van der Waals surface area contributed by atoms with Crippen molar-refractivity contribution in [2.24, 2.45) is 5.73 Å². The number of amides is 1. The number of benzene rings is 3. The summed E-state index contributed by atoms with van der Waals surface area (Å²) in [6.45, 7) is 2.36. The molecule has 1 heterocycles. The van der Waals surface area contributed by atoms with Crippen LogP contribution in [0.15, 0.2) is 57.7 Å². The number of aryl methyl sites for hydroxylation is 1. The summed E-state index contributed by atoms with van der Waals surface area (Å²) >= 11 is 3.98. The molecule has 0 saturated heterocycles.